The van der Waals surface area contributed by atoms with Gasteiger partial charge in [0, 0.05) is 12.3 Å². The number of hydrogen-bond acceptors (Lipinski definition) is 3. The molecule has 2 aromatic rings. The molecule has 0 saturated heterocycles. The van der Waals surface area contributed by atoms with Gasteiger partial charge in [-0.15, -0.1) is 0 Å². The minimum Gasteiger partial charge on any atom is -0.264 e. The average Bonchev–Trinajstić information content (AvgIpc) is 2.47. The van der Waals surface area contributed by atoms with E-state index < -0.39 is 20.8 Å². The summed E-state index contributed by atoms with van der Waals surface area (Å²) in [6.07, 6.45) is 0. The maximum atomic E-state index is 13.0. The van der Waals surface area contributed by atoms with Crippen molar-refractivity contribution >= 4 is 26.5 Å². The number of rotatable bonds is 2. The quantitative estimate of drug-likeness (QED) is 0.848. The van der Waals surface area contributed by atoms with Crippen LogP contribution in [-0.2, 0) is 20.8 Å². The van der Waals surface area contributed by atoms with E-state index >= 15 is 0 Å². The third kappa shape index (κ3) is 2.46. The van der Waals surface area contributed by atoms with Crippen LogP contribution >= 0.6 is 0 Å². The highest BCUT2D eigenvalue weighted by molar-refractivity contribution is 7.93. The molecule has 0 aromatic heterocycles. The first kappa shape index (κ1) is 15.2. The van der Waals surface area contributed by atoms with Gasteiger partial charge in [-0.25, -0.2) is 8.42 Å². The van der Waals surface area contributed by atoms with Gasteiger partial charge in [0.25, 0.3) is 10.0 Å². The van der Waals surface area contributed by atoms with Crippen molar-refractivity contribution in [2.24, 2.45) is 0 Å². The average molecular weight is 335 g/mol. The van der Waals surface area contributed by atoms with E-state index in [4.69, 9.17) is 0 Å². The lowest BCUT2D eigenvalue weighted by Gasteiger charge is -2.30. The molecule has 0 N–H and O–H groups in total. The standard InChI is InChI=1S/C16H17NO3S2/c1-12-7-8-16(13(2)11-12)22(19,20)17-9-10-21(18)15-6-4-3-5-14(15)17/h3-8,11H,9-10H2,1-2H3. The van der Waals surface area contributed by atoms with Crippen molar-refractivity contribution in [1.29, 1.82) is 0 Å². The fourth-order valence-electron chi connectivity index (χ4n) is 2.71. The molecule has 0 spiro atoms. The zero-order valence-corrected chi connectivity index (χ0v) is 14.1. The summed E-state index contributed by atoms with van der Waals surface area (Å²) in [5.41, 5.74) is 2.27. The Kier molecular flexibility index (Phi) is 3.82. The highest BCUT2D eigenvalue weighted by Gasteiger charge is 2.32. The maximum absolute atomic E-state index is 13.0. The van der Waals surface area contributed by atoms with E-state index in [2.05, 4.69) is 0 Å². The summed E-state index contributed by atoms with van der Waals surface area (Å²) in [6.45, 7) is 3.97. The third-order valence-corrected chi connectivity index (χ3v) is 7.12. The van der Waals surface area contributed by atoms with Gasteiger partial charge < -0.3 is 0 Å². The number of anilines is 1. The summed E-state index contributed by atoms with van der Waals surface area (Å²) < 4.78 is 39.5. The van der Waals surface area contributed by atoms with Gasteiger partial charge in [-0.3, -0.25) is 8.51 Å². The van der Waals surface area contributed by atoms with Crippen LogP contribution in [0.25, 0.3) is 0 Å². The lowest BCUT2D eigenvalue weighted by molar-refractivity contribution is 0.590. The Bertz CT molecular complexity index is 859. The lowest BCUT2D eigenvalue weighted by atomic mass is 10.2. The number of sulfonamides is 1. The van der Waals surface area contributed by atoms with Crippen LogP contribution in [0.3, 0.4) is 0 Å². The summed E-state index contributed by atoms with van der Waals surface area (Å²) in [7, 11) is -4.79. The number of para-hydroxylation sites is 1. The molecular formula is C16H17NO3S2. The van der Waals surface area contributed by atoms with Gasteiger partial charge in [0.05, 0.1) is 26.3 Å². The molecule has 0 saturated carbocycles. The Balaban J connectivity index is 2.15. The molecule has 0 aliphatic carbocycles. The van der Waals surface area contributed by atoms with Crippen molar-refractivity contribution in [1.82, 2.24) is 0 Å². The van der Waals surface area contributed by atoms with Gasteiger partial charge in [0.1, 0.15) is 0 Å². The van der Waals surface area contributed by atoms with E-state index in [1.54, 1.807) is 43.3 Å². The number of hydrogen-bond donors (Lipinski definition) is 0. The second-order valence-electron chi connectivity index (χ2n) is 5.36. The highest BCUT2D eigenvalue weighted by atomic mass is 32.2. The smallest absolute Gasteiger partial charge is 0.264 e. The predicted molar refractivity (Wildman–Crippen MR) is 88.2 cm³/mol. The van der Waals surface area contributed by atoms with Crippen LogP contribution in [0.5, 0.6) is 0 Å². The van der Waals surface area contributed by atoms with E-state index in [1.165, 1.54) is 4.31 Å². The van der Waals surface area contributed by atoms with Crippen molar-refractivity contribution in [3.05, 3.63) is 53.6 Å². The zero-order valence-electron chi connectivity index (χ0n) is 12.4. The SMILES string of the molecule is Cc1ccc(S(=O)(=O)N2CCS(=O)c3ccccc32)c(C)c1. The van der Waals surface area contributed by atoms with E-state index in [0.29, 0.717) is 21.2 Å². The summed E-state index contributed by atoms with van der Waals surface area (Å²) >= 11 is 0. The fourth-order valence-corrected chi connectivity index (χ4v) is 5.79. The van der Waals surface area contributed by atoms with E-state index in [0.717, 1.165) is 11.1 Å². The van der Waals surface area contributed by atoms with E-state index in [1.807, 2.05) is 13.0 Å². The van der Waals surface area contributed by atoms with Crippen LogP contribution in [0.15, 0.2) is 52.3 Å². The van der Waals surface area contributed by atoms with Crippen molar-refractivity contribution in [3.8, 4) is 0 Å². The summed E-state index contributed by atoms with van der Waals surface area (Å²) in [5, 5.41) is 0. The largest absolute Gasteiger partial charge is 0.264 e. The van der Waals surface area contributed by atoms with Gasteiger partial charge in [-0.1, -0.05) is 29.8 Å². The molecule has 1 aliphatic heterocycles. The first-order valence-corrected chi connectivity index (χ1v) is 9.74. The molecule has 0 fully saturated rings. The second kappa shape index (κ2) is 5.52. The van der Waals surface area contributed by atoms with Crippen molar-refractivity contribution in [2.45, 2.75) is 23.6 Å². The van der Waals surface area contributed by atoms with Crippen molar-refractivity contribution < 1.29 is 12.6 Å². The molecule has 0 amide bonds. The summed E-state index contributed by atoms with van der Waals surface area (Å²) in [4.78, 5) is 0.891. The van der Waals surface area contributed by atoms with Crippen molar-refractivity contribution in [2.75, 3.05) is 16.6 Å². The molecule has 2 aromatic carbocycles. The minimum atomic E-state index is -3.65. The Hall–Kier alpha value is -1.66. The van der Waals surface area contributed by atoms with Gasteiger partial charge in [0.2, 0.25) is 0 Å². The Morgan fingerprint density at radius 3 is 2.55 bits per heavy atom. The number of fused-ring (bicyclic) bond motifs is 1. The third-order valence-electron chi connectivity index (χ3n) is 3.76. The summed E-state index contributed by atoms with van der Waals surface area (Å²) in [5.74, 6) is 0.321. The van der Waals surface area contributed by atoms with Gasteiger partial charge >= 0.3 is 0 Å². The first-order chi connectivity index (χ1) is 10.4. The van der Waals surface area contributed by atoms with Crippen LogP contribution in [0.1, 0.15) is 11.1 Å². The molecule has 1 aliphatic rings. The Morgan fingerprint density at radius 2 is 1.82 bits per heavy atom. The molecule has 22 heavy (non-hydrogen) atoms. The molecule has 116 valence electrons. The Morgan fingerprint density at radius 1 is 1.09 bits per heavy atom. The van der Waals surface area contributed by atoms with E-state index in [-0.39, 0.29) is 6.54 Å². The van der Waals surface area contributed by atoms with Crippen LogP contribution in [0.2, 0.25) is 0 Å². The van der Waals surface area contributed by atoms with Crippen LogP contribution < -0.4 is 4.31 Å². The molecular weight excluding hydrogens is 318 g/mol. The highest BCUT2D eigenvalue weighted by Crippen LogP contribution is 2.33. The monoisotopic (exact) mass is 335 g/mol. The molecule has 0 radical (unpaired) electrons. The number of nitrogens with zero attached hydrogens (tertiary/aromatic N) is 1. The molecule has 1 atom stereocenters. The van der Waals surface area contributed by atoms with Crippen LogP contribution in [-0.4, -0.2) is 24.9 Å². The van der Waals surface area contributed by atoms with E-state index in [9.17, 15) is 12.6 Å². The second-order valence-corrected chi connectivity index (χ2v) is 8.73. The van der Waals surface area contributed by atoms with Gasteiger partial charge in [-0.2, -0.15) is 0 Å². The zero-order chi connectivity index (χ0) is 15.9. The normalized spacial score (nSPS) is 18.1. The van der Waals surface area contributed by atoms with Crippen molar-refractivity contribution in [3.63, 3.8) is 0 Å². The van der Waals surface area contributed by atoms with Gasteiger partial charge in [0.15, 0.2) is 0 Å². The lowest BCUT2D eigenvalue weighted by Crippen LogP contribution is -2.38. The number of benzene rings is 2. The minimum absolute atomic E-state index is 0.235. The predicted octanol–water partition coefficient (Wildman–Crippen LogP) is 2.62. The molecule has 1 heterocycles. The van der Waals surface area contributed by atoms with Gasteiger partial charge in [-0.05, 0) is 37.6 Å². The number of aryl methyl sites for hydroxylation is 2. The molecule has 3 rings (SSSR count). The molecule has 1 unspecified atom stereocenters. The Labute approximate surface area is 133 Å². The molecule has 6 heteroatoms. The molecule has 0 bridgehead atoms. The molecule has 4 nitrogen and oxygen atoms in total. The fraction of sp³-hybridized carbons (Fsp3) is 0.250. The first-order valence-electron chi connectivity index (χ1n) is 6.98. The summed E-state index contributed by atoms with van der Waals surface area (Å²) in [6, 6.07) is 12.3. The maximum Gasteiger partial charge on any atom is 0.264 e. The topological polar surface area (TPSA) is 54.5 Å². The van der Waals surface area contributed by atoms with Crippen LogP contribution in [0, 0.1) is 13.8 Å². The van der Waals surface area contributed by atoms with Crippen LogP contribution in [0.4, 0.5) is 5.69 Å².